The Kier molecular flexibility index (Phi) is 10.5. The summed E-state index contributed by atoms with van der Waals surface area (Å²) in [6.07, 6.45) is 5.52. The SMILES string of the molecule is C[C@H]1C[C@@H]1C(=O)N[C@H]1Cc2nc(cs2)-c2ccc3c(c2)c(c(-c2ccnc(N4CCN(C)CC4)c2)n3C(C)(C)C#N)CC(C)(C)COC(=O)[C@@H]2CCCN(C1)N2. The summed E-state index contributed by atoms with van der Waals surface area (Å²) in [5.41, 5.74) is 8.02. The number of thiazole rings is 1. The molecule has 296 valence electrons. The number of aromatic nitrogens is 3. The normalized spacial score (nSPS) is 25.9. The first-order chi connectivity index (χ1) is 26.8. The van der Waals surface area contributed by atoms with Crippen LogP contribution in [0.1, 0.15) is 64.5 Å². The molecule has 12 nitrogen and oxygen atoms in total. The van der Waals surface area contributed by atoms with E-state index in [1.165, 1.54) is 0 Å². The van der Waals surface area contributed by atoms with Crippen molar-refractivity contribution < 1.29 is 14.3 Å². The predicted molar refractivity (Wildman–Crippen MR) is 220 cm³/mol. The second-order valence-electron chi connectivity index (χ2n) is 17.8. The molecule has 3 aromatic heterocycles. The molecule has 1 aromatic carbocycles. The Bertz CT molecular complexity index is 2160. The van der Waals surface area contributed by atoms with Crippen molar-refractivity contribution in [3.05, 3.63) is 52.5 Å². The van der Waals surface area contributed by atoms with Crippen molar-refractivity contribution >= 4 is 39.9 Å². The fraction of sp³-hybridized carbons (Fsp3) is 0.558. The number of likely N-dealkylation sites (N-methyl/N-ethyl adjacent to an activating group) is 1. The van der Waals surface area contributed by atoms with Crippen LogP contribution in [0, 0.1) is 28.6 Å². The maximum Gasteiger partial charge on any atom is 0.324 e. The van der Waals surface area contributed by atoms with Gasteiger partial charge in [0.1, 0.15) is 17.4 Å². The van der Waals surface area contributed by atoms with Gasteiger partial charge < -0.3 is 24.4 Å². The van der Waals surface area contributed by atoms with E-state index in [1.54, 1.807) is 11.3 Å². The number of piperazine rings is 1. The van der Waals surface area contributed by atoms with Gasteiger partial charge in [0.2, 0.25) is 5.91 Å². The van der Waals surface area contributed by atoms with Crippen LogP contribution in [0.15, 0.2) is 41.9 Å². The van der Waals surface area contributed by atoms with E-state index in [0.717, 1.165) is 95.4 Å². The first kappa shape index (κ1) is 38.5. The number of cyclic esters (lactones) is 1. The van der Waals surface area contributed by atoms with Gasteiger partial charge in [0.25, 0.3) is 0 Å². The van der Waals surface area contributed by atoms with Gasteiger partial charge in [-0.05, 0) is 82.3 Å². The summed E-state index contributed by atoms with van der Waals surface area (Å²) in [5.74, 6) is 1.23. The lowest BCUT2D eigenvalue weighted by Gasteiger charge is -2.35. The largest absolute Gasteiger partial charge is 0.464 e. The number of nitrogens with zero attached hydrogens (tertiary/aromatic N) is 7. The fourth-order valence-electron chi connectivity index (χ4n) is 8.62. The van der Waals surface area contributed by atoms with Crippen LogP contribution in [0.2, 0.25) is 0 Å². The summed E-state index contributed by atoms with van der Waals surface area (Å²) < 4.78 is 8.36. The molecule has 1 amide bonds. The predicted octanol–water partition coefficient (Wildman–Crippen LogP) is 5.62. The summed E-state index contributed by atoms with van der Waals surface area (Å²) in [6, 6.07) is 12.6. The number of carbonyl (C=O) groups is 2. The van der Waals surface area contributed by atoms with Gasteiger partial charge in [-0.3, -0.25) is 9.59 Å². The summed E-state index contributed by atoms with van der Waals surface area (Å²) in [6.45, 7) is 15.6. The molecule has 1 aliphatic carbocycles. The average molecular weight is 778 g/mol. The number of rotatable bonds is 5. The van der Waals surface area contributed by atoms with E-state index in [0.29, 0.717) is 31.7 Å². The number of nitriles is 1. The Morgan fingerprint density at radius 3 is 2.66 bits per heavy atom. The monoisotopic (exact) mass is 777 g/mol. The van der Waals surface area contributed by atoms with Crippen molar-refractivity contribution in [3.8, 4) is 28.6 Å². The highest BCUT2D eigenvalue weighted by molar-refractivity contribution is 7.10. The third-order valence-electron chi connectivity index (χ3n) is 12.1. The van der Waals surface area contributed by atoms with E-state index in [2.05, 4.69) is 99.7 Å². The molecule has 1 unspecified atom stereocenters. The van der Waals surface area contributed by atoms with Crippen LogP contribution in [0.25, 0.3) is 33.4 Å². The van der Waals surface area contributed by atoms with Gasteiger partial charge in [0.05, 0.1) is 34.6 Å². The Hall–Kier alpha value is -4.35. The molecule has 8 rings (SSSR count). The number of fused-ring (bicyclic) bond motifs is 6. The fourth-order valence-corrected chi connectivity index (χ4v) is 9.50. The number of ether oxygens (including phenoxy) is 1. The van der Waals surface area contributed by atoms with Crippen LogP contribution in [0.3, 0.4) is 0 Å². The third-order valence-corrected chi connectivity index (χ3v) is 12.9. The lowest BCUT2D eigenvalue weighted by atomic mass is 9.84. The van der Waals surface area contributed by atoms with Crippen molar-refractivity contribution in [2.75, 3.05) is 57.8 Å². The summed E-state index contributed by atoms with van der Waals surface area (Å²) >= 11 is 1.61. The zero-order valence-electron chi connectivity index (χ0n) is 33.6. The van der Waals surface area contributed by atoms with Gasteiger partial charge >= 0.3 is 5.97 Å². The topological polar surface area (TPSA) is 132 Å². The van der Waals surface area contributed by atoms with Crippen molar-refractivity contribution in [3.63, 3.8) is 0 Å². The highest BCUT2D eigenvalue weighted by atomic mass is 32.1. The smallest absolute Gasteiger partial charge is 0.324 e. The lowest BCUT2D eigenvalue weighted by Crippen LogP contribution is -2.57. The number of pyridine rings is 1. The highest BCUT2D eigenvalue weighted by Crippen LogP contribution is 2.43. The van der Waals surface area contributed by atoms with Gasteiger partial charge in [0, 0.05) is 91.2 Å². The van der Waals surface area contributed by atoms with Crippen LogP contribution < -0.4 is 15.6 Å². The standard InChI is InChI=1S/C43H55N9O3S/c1-27-18-31(27)40(53)46-30-21-38-47-35(24-56-38)28-9-10-36-32(19-28)33(22-42(2,3)26-55-41(54)34-8-7-13-51(23-30)48-34)39(52(36)43(4,5)25-44)29-11-12-45-37(20-29)50-16-14-49(6)15-17-50/h9-12,19-20,24,27,30-31,34,48H,7-8,13-18,21-23,26H2,1-6H3,(H,46,53)/t27-,30-,31-,34-/m0/s1. The molecule has 2 saturated heterocycles. The van der Waals surface area contributed by atoms with E-state index >= 15 is 0 Å². The quantitative estimate of drug-likeness (QED) is 0.247. The maximum atomic E-state index is 13.7. The van der Waals surface area contributed by atoms with Gasteiger partial charge in [-0.25, -0.2) is 20.4 Å². The Balaban J connectivity index is 1.25. The molecule has 2 N–H and O–H groups in total. The molecule has 5 atom stereocenters. The minimum atomic E-state index is -0.888. The number of hydrazine groups is 1. The Morgan fingerprint density at radius 1 is 1.12 bits per heavy atom. The molecular formula is C43H55N9O3S. The number of hydrogen-bond acceptors (Lipinski definition) is 11. The van der Waals surface area contributed by atoms with E-state index in [-0.39, 0.29) is 30.4 Å². The molecular weight excluding hydrogens is 723 g/mol. The van der Waals surface area contributed by atoms with Gasteiger partial charge in [-0.15, -0.1) is 11.3 Å². The van der Waals surface area contributed by atoms with Gasteiger partial charge in [0.15, 0.2) is 0 Å². The molecule has 6 heterocycles. The molecule has 6 bridgehead atoms. The van der Waals surface area contributed by atoms with Crippen molar-refractivity contribution in [1.29, 1.82) is 5.26 Å². The molecule has 3 aliphatic heterocycles. The van der Waals surface area contributed by atoms with Crippen LogP contribution in [0.5, 0.6) is 0 Å². The number of benzene rings is 1. The number of esters is 1. The molecule has 0 radical (unpaired) electrons. The lowest BCUT2D eigenvalue weighted by molar-refractivity contribution is -0.152. The van der Waals surface area contributed by atoms with Crippen molar-refractivity contribution in [1.82, 2.24) is 35.2 Å². The van der Waals surface area contributed by atoms with Crippen molar-refractivity contribution in [2.45, 2.75) is 84.3 Å². The summed E-state index contributed by atoms with van der Waals surface area (Å²) in [5, 5.41) is 20.2. The second-order valence-corrected chi connectivity index (χ2v) is 18.8. The van der Waals surface area contributed by atoms with Crippen LogP contribution in [-0.4, -0.2) is 101 Å². The van der Waals surface area contributed by atoms with E-state index < -0.39 is 17.0 Å². The number of hydrogen-bond donors (Lipinski definition) is 2. The number of anilines is 1. The molecule has 3 fully saturated rings. The molecule has 1 saturated carbocycles. The van der Waals surface area contributed by atoms with Gasteiger partial charge in [-0.2, -0.15) is 5.26 Å². The average Bonchev–Trinajstić information content (AvgIpc) is 3.59. The minimum absolute atomic E-state index is 0.0601. The van der Waals surface area contributed by atoms with Crippen molar-refractivity contribution in [2.24, 2.45) is 17.3 Å². The third kappa shape index (κ3) is 7.94. The highest BCUT2D eigenvalue weighted by Gasteiger charge is 2.40. The van der Waals surface area contributed by atoms with Crippen LogP contribution >= 0.6 is 11.3 Å². The van der Waals surface area contributed by atoms with Gasteiger partial charge in [-0.1, -0.05) is 26.8 Å². The zero-order valence-corrected chi connectivity index (χ0v) is 34.4. The maximum absolute atomic E-state index is 13.7. The second kappa shape index (κ2) is 15.2. The van der Waals surface area contributed by atoms with Crippen LogP contribution in [-0.2, 0) is 32.7 Å². The Morgan fingerprint density at radius 2 is 1.91 bits per heavy atom. The Labute approximate surface area is 334 Å². The number of amides is 1. The molecule has 4 aromatic rings. The molecule has 13 heteroatoms. The summed E-state index contributed by atoms with van der Waals surface area (Å²) in [4.78, 5) is 41.6. The zero-order chi connectivity index (χ0) is 39.4. The first-order valence-electron chi connectivity index (χ1n) is 20.2. The number of nitrogens with one attached hydrogen (secondary N) is 2. The van der Waals surface area contributed by atoms with E-state index in [9.17, 15) is 14.9 Å². The molecule has 4 aliphatic rings. The molecule has 56 heavy (non-hydrogen) atoms. The number of carbonyl (C=O) groups excluding carboxylic acids is 2. The summed E-state index contributed by atoms with van der Waals surface area (Å²) in [7, 11) is 2.15. The first-order valence-corrected chi connectivity index (χ1v) is 21.1. The van der Waals surface area contributed by atoms with Crippen LogP contribution in [0.4, 0.5) is 5.82 Å². The van der Waals surface area contributed by atoms with E-state index in [4.69, 9.17) is 14.7 Å². The molecule has 0 spiro atoms. The van der Waals surface area contributed by atoms with E-state index in [1.807, 2.05) is 20.0 Å². The minimum Gasteiger partial charge on any atom is -0.464 e.